The minimum Gasteiger partial charge on any atom is -0.499 e. The van der Waals surface area contributed by atoms with Gasteiger partial charge >= 0.3 is 0 Å². The molecule has 1 aliphatic rings. The van der Waals surface area contributed by atoms with Gasteiger partial charge in [-0.1, -0.05) is 36.4 Å². The number of rotatable bonds is 6. The number of hydrogen-bond donors (Lipinski definition) is 0. The van der Waals surface area contributed by atoms with Crippen LogP contribution in [0.3, 0.4) is 0 Å². The Morgan fingerprint density at radius 2 is 2.06 bits per heavy atom. The largest absolute Gasteiger partial charge is 0.499 e. The summed E-state index contributed by atoms with van der Waals surface area (Å²) in [5, 5.41) is 0. The third kappa shape index (κ3) is 3.11. The van der Waals surface area contributed by atoms with Crippen molar-refractivity contribution in [3.05, 3.63) is 48.2 Å². The van der Waals surface area contributed by atoms with Crippen LogP contribution < -0.4 is 0 Å². The molecule has 1 aliphatic heterocycles. The molecule has 0 radical (unpaired) electrons. The fourth-order valence-corrected chi connectivity index (χ4v) is 1.81. The standard InChI is InChI=1S/C14H18O2/c1-3-15-10-14-13(16-14)9-8-12-6-4-11(2)5-7-12/h3-7,13-14H,1,8-10H2,2H3. The molecule has 1 aromatic carbocycles. The molecule has 2 rings (SSSR count). The summed E-state index contributed by atoms with van der Waals surface area (Å²) in [7, 11) is 0. The first-order chi connectivity index (χ1) is 7.79. The van der Waals surface area contributed by atoms with Gasteiger partial charge < -0.3 is 9.47 Å². The highest BCUT2D eigenvalue weighted by molar-refractivity contribution is 5.21. The van der Waals surface area contributed by atoms with E-state index in [4.69, 9.17) is 9.47 Å². The molecule has 2 nitrogen and oxygen atoms in total. The highest BCUT2D eigenvalue weighted by Gasteiger charge is 2.38. The highest BCUT2D eigenvalue weighted by Crippen LogP contribution is 2.27. The molecule has 0 saturated carbocycles. The van der Waals surface area contributed by atoms with Crippen molar-refractivity contribution in [2.24, 2.45) is 0 Å². The molecular formula is C14H18O2. The zero-order chi connectivity index (χ0) is 11.4. The van der Waals surface area contributed by atoms with Crippen LogP contribution in [0.15, 0.2) is 37.1 Å². The minimum absolute atomic E-state index is 0.281. The third-order valence-corrected chi connectivity index (χ3v) is 2.90. The lowest BCUT2D eigenvalue weighted by atomic mass is 10.1. The monoisotopic (exact) mass is 218 g/mol. The average molecular weight is 218 g/mol. The van der Waals surface area contributed by atoms with E-state index in [1.807, 2.05) is 0 Å². The molecule has 1 saturated heterocycles. The van der Waals surface area contributed by atoms with Crippen LogP contribution in [-0.2, 0) is 15.9 Å². The fourth-order valence-electron chi connectivity index (χ4n) is 1.81. The van der Waals surface area contributed by atoms with Crippen molar-refractivity contribution in [3.8, 4) is 0 Å². The maximum atomic E-state index is 5.49. The molecule has 0 aromatic heterocycles. The van der Waals surface area contributed by atoms with Gasteiger partial charge in [-0.15, -0.1) is 0 Å². The number of ether oxygens (including phenoxy) is 2. The number of benzene rings is 1. The summed E-state index contributed by atoms with van der Waals surface area (Å²) in [5.74, 6) is 0. The van der Waals surface area contributed by atoms with Crippen LogP contribution in [-0.4, -0.2) is 18.8 Å². The Balaban J connectivity index is 1.69. The van der Waals surface area contributed by atoms with Crippen molar-refractivity contribution >= 4 is 0 Å². The first-order valence-corrected chi connectivity index (χ1v) is 5.73. The van der Waals surface area contributed by atoms with Gasteiger partial charge in [0.2, 0.25) is 0 Å². The predicted octanol–water partition coefficient (Wildman–Crippen LogP) is 2.86. The summed E-state index contributed by atoms with van der Waals surface area (Å²) in [6.45, 7) is 6.26. The molecule has 0 bridgehead atoms. The van der Waals surface area contributed by atoms with E-state index < -0.39 is 0 Å². The summed E-state index contributed by atoms with van der Waals surface area (Å²) >= 11 is 0. The molecule has 2 atom stereocenters. The molecule has 1 fully saturated rings. The summed E-state index contributed by atoms with van der Waals surface area (Å²) in [6.07, 6.45) is 4.28. The molecule has 16 heavy (non-hydrogen) atoms. The molecule has 2 heteroatoms. The quantitative estimate of drug-likeness (QED) is 0.541. The first kappa shape index (κ1) is 11.2. The summed E-state index contributed by atoms with van der Waals surface area (Å²) in [5.41, 5.74) is 2.69. The van der Waals surface area contributed by atoms with Crippen LogP contribution in [0, 0.1) is 6.92 Å². The van der Waals surface area contributed by atoms with Gasteiger partial charge in [-0.05, 0) is 25.3 Å². The average Bonchev–Trinajstić information content (AvgIpc) is 3.04. The maximum Gasteiger partial charge on any atom is 0.118 e. The highest BCUT2D eigenvalue weighted by atomic mass is 16.6. The Morgan fingerprint density at radius 3 is 2.75 bits per heavy atom. The molecule has 0 N–H and O–H groups in total. The summed E-state index contributed by atoms with van der Waals surface area (Å²) < 4.78 is 10.6. The summed E-state index contributed by atoms with van der Waals surface area (Å²) in [6, 6.07) is 8.68. The normalized spacial score (nSPS) is 22.8. The predicted molar refractivity (Wildman–Crippen MR) is 64.3 cm³/mol. The second kappa shape index (κ2) is 5.17. The van der Waals surface area contributed by atoms with Crippen molar-refractivity contribution in [2.75, 3.05) is 6.61 Å². The maximum absolute atomic E-state index is 5.49. The van der Waals surface area contributed by atoms with Crippen molar-refractivity contribution in [1.29, 1.82) is 0 Å². The van der Waals surface area contributed by atoms with Gasteiger partial charge in [-0.25, -0.2) is 0 Å². The van der Waals surface area contributed by atoms with Crippen molar-refractivity contribution in [1.82, 2.24) is 0 Å². The fraction of sp³-hybridized carbons (Fsp3) is 0.429. The Morgan fingerprint density at radius 1 is 1.31 bits per heavy atom. The van der Waals surface area contributed by atoms with Crippen LogP contribution in [0.5, 0.6) is 0 Å². The van der Waals surface area contributed by atoms with E-state index in [1.54, 1.807) is 0 Å². The second-order valence-electron chi connectivity index (χ2n) is 4.24. The molecule has 1 heterocycles. The van der Waals surface area contributed by atoms with Crippen LogP contribution in [0.4, 0.5) is 0 Å². The molecule has 0 aliphatic carbocycles. The van der Waals surface area contributed by atoms with E-state index in [9.17, 15) is 0 Å². The Bertz CT molecular complexity index is 342. The first-order valence-electron chi connectivity index (χ1n) is 5.73. The van der Waals surface area contributed by atoms with Gasteiger partial charge in [0, 0.05) is 0 Å². The lowest BCUT2D eigenvalue weighted by molar-refractivity contribution is 0.212. The van der Waals surface area contributed by atoms with E-state index in [1.165, 1.54) is 17.4 Å². The zero-order valence-corrected chi connectivity index (χ0v) is 9.69. The second-order valence-corrected chi connectivity index (χ2v) is 4.24. The van der Waals surface area contributed by atoms with Crippen LogP contribution in [0.25, 0.3) is 0 Å². The Labute approximate surface area is 96.9 Å². The van der Waals surface area contributed by atoms with Crippen LogP contribution >= 0.6 is 0 Å². The van der Waals surface area contributed by atoms with Gasteiger partial charge in [0.15, 0.2) is 0 Å². The minimum atomic E-state index is 0.281. The van der Waals surface area contributed by atoms with E-state index in [2.05, 4.69) is 37.8 Å². The lowest BCUT2D eigenvalue weighted by Crippen LogP contribution is -2.02. The van der Waals surface area contributed by atoms with E-state index in [0.29, 0.717) is 12.7 Å². The van der Waals surface area contributed by atoms with Gasteiger partial charge in [0.1, 0.15) is 12.7 Å². The molecule has 86 valence electrons. The Hall–Kier alpha value is -1.28. The van der Waals surface area contributed by atoms with Crippen molar-refractivity contribution in [2.45, 2.75) is 32.0 Å². The number of hydrogen-bond acceptors (Lipinski definition) is 2. The molecule has 1 aromatic rings. The van der Waals surface area contributed by atoms with Gasteiger partial charge in [-0.3, -0.25) is 0 Å². The van der Waals surface area contributed by atoms with E-state index >= 15 is 0 Å². The molecule has 0 spiro atoms. The SMILES string of the molecule is C=COCC1OC1CCc1ccc(C)cc1. The third-order valence-electron chi connectivity index (χ3n) is 2.90. The molecule has 0 amide bonds. The van der Waals surface area contributed by atoms with Crippen LogP contribution in [0.1, 0.15) is 17.5 Å². The van der Waals surface area contributed by atoms with Crippen molar-refractivity contribution < 1.29 is 9.47 Å². The smallest absolute Gasteiger partial charge is 0.118 e. The molecule has 2 unspecified atom stereocenters. The topological polar surface area (TPSA) is 21.8 Å². The van der Waals surface area contributed by atoms with Gasteiger partial charge in [-0.2, -0.15) is 0 Å². The van der Waals surface area contributed by atoms with E-state index in [-0.39, 0.29) is 6.10 Å². The van der Waals surface area contributed by atoms with Gasteiger partial charge in [0.25, 0.3) is 0 Å². The molecular weight excluding hydrogens is 200 g/mol. The number of aryl methyl sites for hydroxylation is 2. The Kier molecular flexibility index (Phi) is 3.62. The van der Waals surface area contributed by atoms with Gasteiger partial charge in [0.05, 0.1) is 12.4 Å². The zero-order valence-electron chi connectivity index (χ0n) is 9.69. The summed E-state index contributed by atoms with van der Waals surface area (Å²) in [4.78, 5) is 0. The van der Waals surface area contributed by atoms with Crippen molar-refractivity contribution in [3.63, 3.8) is 0 Å². The number of epoxide rings is 1. The van der Waals surface area contributed by atoms with E-state index in [0.717, 1.165) is 12.8 Å². The lowest BCUT2D eigenvalue weighted by Gasteiger charge is -2.00. The van der Waals surface area contributed by atoms with Crippen LogP contribution in [0.2, 0.25) is 0 Å².